The average Bonchev–Trinajstić information content (AvgIpc) is 2.51. The van der Waals surface area contributed by atoms with Gasteiger partial charge in [0.15, 0.2) is 11.9 Å². The number of ketones is 1. The van der Waals surface area contributed by atoms with Crippen molar-refractivity contribution < 1.29 is 14.6 Å². The predicted molar refractivity (Wildman–Crippen MR) is 51.0 cm³/mol. The van der Waals surface area contributed by atoms with Crippen LogP contribution >= 0.6 is 0 Å². The Labute approximate surface area is 81.6 Å². The molecule has 0 amide bonds. The maximum atomic E-state index is 11.2. The minimum absolute atomic E-state index is 0.193. The maximum absolute atomic E-state index is 11.2. The van der Waals surface area contributed by atoms with E-state index in [2.05, 4.69) is 0 Å². The van der Waals surface area contributed by atoms with Crippen LogP contribution in [0.5, 0.6) is 5.75 Å². The lowest BCUT2D eigenvalue weighted by atomic mass is 10.2. The third-order valence-electron chi connectivity index (χ3n) is 2.05. The molecule has 0 saturated carbocycles. The second-order valence-electron chi connectivity index (χ2n) is 3.10. The molecular weight excluding hydrogens is 180 g/mol. The summed E-state index contributed by atoms with van der Waals surface area (Å²) in [5.74, 6) is 0.398. The van der Waals surface area contributed by atoms with Crippen LogP contribution in [0.25, 0.3) is 0 Å². The van der Waals surface area contributed by atoms with Crippen LogP contribution in [0.15, 0.2) is 42.5 Å². The highest BCUT2D eigenvalue weighted by atomic mass is 16.5. The summed E-state index contributed by atoms with van der Waals surface area (Å²) in [6.07, 6.45) is 1.17. The molecule has 1 aromatic carbocycles. The number of para-hydroxylation sites is 1. The minimum Gasteiger partial charge on any atom is -0.479 e. The zero-order valence-electron chi connectivity index (χ0n) is 7.46. The van der Waals surface area contributed by atoms with Crippen molar-refractivity contribution in [2.75, 3.05) is 0 Å². The molecule has 1 aliphatic carbocycles. The van der Waals surface area contributed by atoms with Crippen molar-refractivity contribution in [3.8, 4) is 5.75 Å². The van der Waals surface area contributed by atoms with Gasteiger partial charge in [0.2, 0.25) is 0 Å². The Bertz CT molecular complexity index is 356. The number of benzene rings is 1. The zero-order chi connectivity index (χ0) is 9.97. The Morgan fingerprint density at radius 2 is 1.93 bits per heavy atom. The van der Waals surface area contributed by atoms with Gasteiger partial charge in [-0.2, -0.15) is 0 Å². The molecule has 2 unspecified atom stereocenters. The van der Waals surface area contributed by atoms with Crippen molar-refractivity contribution in [1.29, 1.82) is 0 Å². The molecule has 0 fully saturated rings. The summed E-state index contributed by atoms with van der Waals surface area (Å²) in [4.78, 5) is 11.2. The number of carbonyl (C=O) groups is 1. The second kappa shape index (κ2) is 3.64. The summed E-state index contributed by atoms with van der Waals surface area (Å²) in [6.45, 7) is 0. The van der Waals surface area contributed by atoms with E-state index in [1.54, 1.807) is 12.1 Å². The number of ether oxygens (including phenoxy) is 1. The van der Waals surface area contributed by atoms with Crippen LogP contribution in [0.3, 0.4) is 0 Å². The lowest BCUT2D eigenvalue weighted by Crippen LogP contribution is -2.32. The van der Waals surface area contributed by atoms with Gasteiger partial charge in [-0.05, 0) is 24.3 Å². The van der Waals surface area contributed by atoms with Crippen molar-refractivity contribution in [3.63, 3.8) is 0 Å². The molecule has 14 heavy (non-hydrogen) atoms. The SMILES string of the molecule is O=C1C=CC(O)C1Oc1ccccc1. The first-order valence-electron chi connectivity index (χ1n) is 4.39. The molecule has 3 heteroatoms. The molecular formula is C11H10O3. The van der Waals surface area contributed by atoms with E-state index in [0.717, 1.165) is 0 Å². The first-order valence-corrected chi connectivity index (χ1v) is 4.39. The Morgan fingerprint density at radius 3 is 2.50 bits per heavy atom. The summed E-state index contributed by atoms with van der Waals surface area (Å²) in [7, 11) is 0. The molecule has 0 bridgehead atoms. The summed E-state index contributed by atoms with van der Waals surface area (Å²) >= 11 is 0. The van der Waals surface area contributed by atoms with Crippen LogP contribution < -0.4 is 4.74 Å². The van der Waals surface area contributed by atoms with Gasteiger partial charge in [0.1, 0.15) is 11.9 Å². The maximum Gasteiger partial charge on any atom is 0.198 e. The highest BCUT2D eigenvalue weighted by Gasteiger charge is 2.30. The van der Waals surface area contributed by atoms with E-state index < -0.39 is 12.2 Å². The van der Waals surface area contributed by atoms with Gasteiger partial charge < -0.3 is 9.84 Å². The normalized spacial score (nSPS) is 25.4. The van der Waals surface area contributed by atoms with Gasteiger partial charge >= 0.3 is 0 Å². The molecule has 0 aliphatic heterocycles. The molecule has 2 atom stereocenters. The number of carbonyl (C=O) groups excluding carboxylic acids is 1. The van der Waals surface area contributed by atoms with Crippen LogP contribution in [0, 0.1) is 0 Å². The first kappa shape index (κ1) is 8.97. The van der Waals surface area contributed by atoms with Gasteiger partial charge in [0, 0.05) is 0 Å². The number of hydrogen-bond donors (Lipinski definition) is 1. The van der Waals surface area contributed by atoms with Crippen LogP contribution in [-0.4, -0.2) is 23.1 Å². The molecule has 3 nitrogen and oxygen atoms in total. The molecule has 0 spiro atoms. The monoisotopic (exact) mass is 190 g/mol. The summed E-state index contributed by atoms with van der Waals surface area (Å²) in [6, 6.07) is 8.98. The van der Waals surface area contributed by atoms with Crippen molar-refractivity contribution in [1.82, 2.24) is 0 Å². The smallest absolute Gasteiger partial charge is 0.198 e. The predicted octanol–water partition coefficient (Wildman–Crippen LogP) is 0.934. The van der Waals surface area contributed by atoms with Gasteiger partial charge in [0.05, 0.1) is 0 Å². The summed E-state index contributed by atoms with van der Waals surface area (Å²) < 4.78 is 5.34. The number of aliphatic hydroxyl groups excluding tert-OH is 1. The molecule has 1 aliphatic rings. The second-order valence-corrected chi connectivity index (χ2v) is 3.10. The van der Waals surface area contributed by atoms with Crippen LogP contribution in [0.4, 0.5) is 0 Å². The van der Waals surface area contributed by atoms with Crippen molar-refractivity contribution in [2.45, 2.75) is 12.2 Å². The standard InChI is InChI=1S/C11H10O3/c12-9-6-7-10(13)11(9)14-8-4-2-1-3-5-8/h1-7,9,11-12H. The lowest BCUT2D eigenvalue weighted by molar-refractivity contribution is -0.122. The van der Waals surface area contributed by atoms with Crippen LogP contribution in [0.2, 0.25) is 0 Å². The van der Waals surface area contributed by atoms with E-state index >= 15 is 0 Å². The molecule has 0 heterocycles. The van der Waals surface area contributed by atoms with E-state index in [1.807, 2.05) is 18.2 Å². The van der Waals surface area contributed by atoms with Crippen LogP contribution in [0.1, 0.15) is 0 Å². The Morgan fingerprint density at radius 1 is 1.21 bits per heavy atom. The van der Waals surface area contributed by atoms with Crippen molar-refractivity contribution >= 4 is 5.78 Å². The van der Waals surface area contributed by atoms with Gasteiger partial charge in [0.25, 0.3) is 0 Å². The van der Waals surface area contributed by atoms with E-state index in [-0.39, 0.29) is 5.78 Å². The number of hydrogen-bond acceptors (Lipinski definition) is 3. The van der Waals surface area contributed by atoms with Crippen LogP contribution in [-0.2, 0) is 4.79 Å². The molecule has 1 aromatic rings. The summed E-state index contributed by atoms with van der Waals surface area (Å²) in [5, 5.41) is 9.39. The fourth-order valence-electron chi connectivity index (χ4n) is 1.33. The van der Waals surface area contributed by atoms with Crippen molar-refractivity contribution in [3.05, 3.63) is 42.5 Å². The highest BCUT2D eigenvalue weighted by Crippen LogP contribution is 2.17. The first-order chi connectivity index (χ1) is 6.77. The van der Waals surface area contributed by atoms with Gasteiger partial charge in [-0.15, -0.1) is 0 Å². The fraction of sp³-hybridized carbons (Fsp3) is 0.182. The number of rotatable bonds is 2. The topological polar surface area (TPSA) is 46.5 Å². The highest BCUT2D eigenvalue weighted by molar-refractivity contribution is 5.97. The lowest BCUT2D eigenvalue weighted by Gasteiger charge is -2.15. The average molecular weight is 190 g/mol. The molecule has 2 rings (SSSR count). The Hall–Kier alpha value is -1.61. The van der Waals surface area contributed by atoms with E-state index in [0.29, 0.717) is 5.75 Å². The largest absolute Gasteiger partial charge is 0.479 e. The van der Waals surface area contributed by atoms with E-state index in [4.69, 9.17) is 4.74 Å². The Kier molecular flexibility index (Phi) is 2.33. The van der Waals surface area contributed by atoms with E-state index in [9.17, 15) is 9.90 Å². The third-order valence-corrected chi connectivity index (χ3v) is 2.05. The third kappa shape index (κ3) is 1.67. The molecule has 0 saturated heterocycles. The minimum atomic E-state index is -0.831. The van der Waals surface area contributed by atoms with Crippen molar-refractivity contribution in [2.24, 2.45) is 0 Å². The van der Waals surface area contributed by atoms with Gasteiger partial charge in [-0.25, -0.2) is 0 Å². The van der Waals surface area contributed by atoms with E-state index in [1.165, 1.54) is 12.2 Å². The molecule has 0 aromatic heterocycles. The summed E-state index contributed by atoms with van der Waals surface area (Å²) in [5.41, 5.74) is 0. The fourth-order valence-corrected chi connectivity index (χ4v) is 1.33. The quantitative estimate of drug-likeness (QED) is 0.754. The van der Waals surface area contributed by atoms with Gasteiger partial charge in [-0.3, -0.25) is 4.79 Å². The molecule has 72 valence electrons. The van der Waals surface area contributed by atoms with Gasteiger partial charge in [-0.1, -0.05) is 18.2 Å². The Balaban J connectivity index is 2.09. The molecule has 0 radical (unpaired) electrons. The zero-order valence-corrected chi connectivity index (χ0v) is 7.46. The molecule has 1 N–H and O–H groups in total. The number of aliphatic hydroxyl groups is 1.